The molecule has 3 atom stereocenters. The van der Waals surface area contributed by atoms with E-state index in [0.29, 0.717) is 44.6 Å². The standard InChI is InChI=1S/C16H21F2N3O2.C14H19F2N3O.2C2H6/c1-10-16(23)20-5-2-6-21(10)15(22)9-13(19)8-11-7-12(17)3-4-14(11)18;15-12-2-1-10(8-13(12)16)7-11(17)9-14(20)19-5-3-18-4-6-19;2*1-2/h3-4,7,10,13H,2,5-6,8-9,19H2,1H3,(H,20,23);1-2,8,11,18H,3-7,9,17H2;2*1-2H3/t10-,13?;;;/m1.../s1. The Labute approximate surface area is 276 Å². The lowest BCUT2D eigenvalue weighted by Crippen LogP contribution is -2.47. The summed E-state index contributed by atoms with van der Waals surface area (Å²) in [7, 11) is 0. The zero-order valence-corrected chi connectivity index (χ0v) is 28.3. The summed E-state index contributed by atoms with van der Waals surface area (Å²) >= 11 is 0. The smallest absolute Gasteiger partial charge is 0.242 e. The molecule has 0 spiro atoms. The highest BCUT2D eigenvalue weighted by Crippen LogP contribution is 2.15. The van der Waals surface area contributed by atoms with Crippen molar-refractivity contribution >= 4 is 17.7 Å². The highest BCUT2D eigenvalue weighted by molar-refractivity contribution is 5.88. The fourth-order valence-corrected chi connectivity index (χ4v) is 4.99. The molecule has 13 heteroatoms. The number of hydrogen-bond acceptors (Lipinski definition) is 6. The van der Waals surface area contributed by atoms with Crippen molar-refractivity contribution in [3.05, 3.63) is 70.8 Å². The van der Waals surface area contributed by atoms with Crippen LogP contribution in [0.15, 0.2) is 36.4 Å². The Balaban J connectivity index is 0.000000428. The van der Waals surface area contributed by atoms with Crippen LogP contribution >= 0.6 is 0 Å². The average Bonchev–Trinajstić information content (AvgIpc) is 3.23. The first-order chi connectivity index (χ1) is 22.4. The molecule has 2 saturated heterocycles. The van der Waals surface area contributed by atoms with E-state index in [1.165, 1.54) is 11.0 Å². The number of benzene rings is 2. The molecule has 2 fully saturated rings. The Kier molecular flexibility index (Phi) is 19.5. The predicted molar refractivity (Wildman–Crippen MR) is 176 cm³/mol. The molecule has 2 aliphatic heterocycles. The van der Waals surface area contributed by atoms with Crippen LogP contribution in [0.5, 0.6) is 0 Å². The maximum absolute atomic E-state index is 13.6. The normalized spacial score (nSPS) is 17.3. The Bertz CT molecular complexity index is 1260. The number of nitrogens with two attached hydrogens (primary N) is 2. The number of carbonyl (C=O) groups is 3. The Hall–Kier alpha value is -3.55. The van der Waals surface area contributed by atoms with Crippen molar-refractivity contribution in [2.24, 2.45) is 11.5 Å². The number of halogens is 4. The molecule has 0 aliphatic carbocycles. The van der Waals surface area contributed by atoms with Gasteiger partial charge in [0, 0.05) is 64.2 Å². The fourth-order valence-electron chi connectivity index (χ4n) is 4.99. The van der Waals surface area contributed by atoms with Gasteiger partial charge in [-0.3, -0.25) is 14.4 Å². The molecule has 2 aromatic carbocycles. The van der Waals surface area contributed by atoms with Crippen molar-refractivity contribution in [3.63, 3.8) is 0 Å². The van der Waals surface area contributed by atoms with Crippen molar-refractivity contribution in [2.75, 3.05) is 39.3 Å². The van der Waals surface area contributed by atoms with E-state index in [4.69, 9.17) is 11.5 Å². The monoisotopic (exact) mass is 668 g/mol. The minimum atomic E-state index is -0.886. The maximum atomic E-state index is 13.6. The zero-order chi connectivity index (χ0) is 35.5. The highest BCUT2D eigenvalue weighted by Gasteiger charge is 2.28. The number of piperazine rings is 1. The van der Waals surface area contributed by atoms with Crippen molar-refractivity contribution < 1.29 is 31.9 Å². The average molecular weight is 669 g/mol. The van der Waals surface area contributed by atoms with Crippen LogP contribution in [0.25, 0.3) is 0 Å². The minimum Gasteiger partial charge on any atom is -0.354 e. The second-order valence-corrected chi connectivity index (χ2v) is 10.9. The number of nitrogens with zero attached hydrogens (tertiary/aromatic N) is 2. The van der Waals surface area contributed by atoms with Gasteiger partial charge >= 0.3 is 0 Å². The lowest BCUT2D eigenvalue weighted by atomic mass is 10.0. The van der Waals surface area contributed by atoms with Crippen molar-refractivity contribution in [3.8, 4) is 0 Å². The molecule has 3 amide bonds. The van der Waals surface area contributed by atoms with Crippen molar-refractivity contribution in [1.29, 1.82) is 0 Å². The van der Waals surface area contributed by atoms with Gasteiger partial charge < -0.3 is 31.9 Å². The molecule has 0 saturated carbocycles. The van der Waals surface area contributed by atoms with E-state index < -0.39 is 35.4 Å². The second-order valence-electron chi connectivity index (χ2n) is 10.9. The van der Waals surface area contributed by atoms with Gasteiger partial charge in [-0.1, -0.05) is 33.8 Å². The molecule has 6 N–H and O–H groups in total. The van der Waals surface area contributed by atoms with E-state index in [2.05, 4.69) is 10.6 Å². The fraction of sp³-hybridized carbons (Fsp3) is 0.559. The van der Waals surface area contributed by atoms with Crippen LogP contribution in [-0.2, 0) is 27.2 Å². The van der Waals surface area contributed by atoms with E-state index in [1.807, 2.05) is 27.7 Å². The first-order valence-corrected chi connectivity index (χ1v) is 16.4. The quantitative estimate of drug-likeness (QED) is 0.318. The zero-order valence-electron chi connectivity index (χ0n) is 28.3. The third-order valence-corrected chi connectivity index (χ3v) is 7.36. The molecule has 0 aromatic heterocycles. The van der Waals surface area contributed by atoms with Gasteiger partial charge in [-0.15, -0.1) is 0 Å². The third kappa shape index (κ3) is 14.4. The van der Waals surface area contributed by atoms with Crippen molar-refractivity contribution in [2.45, 2.75) is 84.8 Å². The molecule has 47 heavy (non-hydrogen) atoms. The van der Waals surface area contributed by atoms with E-state index in [9.17, 15) is 31.9 Å². The molecule has 4 rings (SSSR count). The summed E-state index contributed by atoms with van der Waals surface area (Å²) in [5.41, 5.74) is 12.6. The minimum absolute atomic E-state index is 0.0154. The van der Waals surface area contributed by atoms with Crippen LogP contribution in [0.3, 0.4) is 0 Å². The van der Waals surface area contributed by atoms with Crippen LogP contribution in [0.2, 0.25) is 0 Å². The van der Waals surface area contributed by atoms with Gasteiger partial charge in [-0.25, -0.2) is 17.6 Å². The summed E-state index contributed by atoms with van der Waals surface area (Å²) in [5.74, 6) is -3.28. The molecule has 264 valence electrons. The number of hydrogen-bond donors (Lipinski definition) is 4. The van der Waals surface area contributed by atoms with Crippen LogP contribution in [0.1, 0.15) is 65.0 Å². The number of nitrogens with one attached hydrogen (secondary N) is 2. The van der Waals surface area contributed by atoms with Gasteiger partial charge in [0.15, 0.2) is 11.6 Å². The van der Waals surface area contributed by atoms with E-state index >= 15 is 0 Å². The predicted octanol–water partition coefficient (Wildman–Crippen LogP) is 3.67. The van der Waals surface area contributed by atoms with Gasteiger partial charge in [0.25, 0.3) is 0 Å². The van der Waals surface area contributed by atoms with Crippen LogP contribution < -0.4 is 22.1 Å². The maximum Gasteiger partial charge on any atom is 0.242 e. The van der Waals surface area contributed by atoms with E-state index in [0.717, 1.165) is 43.4 Å². The van der Waals surface area contributed by atoms with E-state index in [1.54, 1.807) is 11.8 Å². The summed E-state index contributed by atoms with van der Waals surface area (Å²) in [6, 6.07) is 5.28. The lowest BCUT2D eigenvalue weighted by Gasteiger charge is -2.28. The Morgan fingerprint density at radius 2 is 1.40 bits per heavy atom. The molecule has 2 heterocycles. The number of rotatable bonds is 8. The molecule has 2 unspecified atom stereocenters. The van der Waals surface area contributed by atoms with Gasteiger partial charge in [0.05, 0.1) is 0 Å². The summed E-state index contributed by atoms with van der Waals surface area (Å²) in [5, 5.41) is 5.90. The van der Waals surface area contributed by atoms with E-state index in [-0.39, 0.29) is 48.6 Å². The van der Waals surface area contributed by atoms with Gasteiger partial charge in [-0.2, -0.15) is 0 Å². The first kappa shape index (κ1) is 41.5. The first-order valence-electron chi connectivity index (χ1n) is 16.4. The van der Waals surface area contributed by atoms with Gasteiger partial charge in [0.2, 0.25) is 17.7 Å². The molecule has 2 aliphatic rings. The number of carbonyl (C=O) groups excluding carboxylic acids is 3. The van der Waals surface area contributed by atoms with Crippen LogP contribution in [-0.4, -0.2) is 84.9 Å². The summed E-state index contributed by atoms with van der Waals surface area (Å²) in [4.78, 5) is 39.4. The topological polar surface area (TPSA) is 134 Å². The summed E-state index contributed by atoms with van der Waals surface area (Å²) in [6.45, 7) is 13.6. The third-order valence-electron chi connectivity index (χ3n) is 7.36. The summed E-state index contributed by atoms with van der Waals surface area (Å²) < 4.78 is 52.7. The van der Waals surface area contributed by atoms with Gasteiger partial charge in [-0.05, 0) is 67.6 Å². The highest BCUT2D eigenvalue weighted by atomic mass is 19.2. The van der Waals surface area contributed by atoms with Crippen molar-refractivity contribution in [1.82, 2.24) is 20.4 Å². The molecule has 0 radical (unpaired) electrons. The van der Waals surface area contributed by atoms with Crippen LogP contribution in [0.4, 0.5) is 17.6 Å². The Morgan fingerprint density at radius 1 is 0.809 bits per heavy atom. The second kappa shape index (κ2) is 22.1. The molecule has 0 bridgehead atoms. The molecular weight excluding hydrogens is 616 g/mol. The lowest BCUT2D eigenvalue weighted by molar-refractivity contribution is -0.139. The van der Waals surface area contributed by atoms with Crippen LogP contribution in [0, 0.1) is 23.3 Å². The van der Waals surface area contributed by atoms with Gasteiger partial charge in [0.1, 0.15) is 17.7 Å². The molecule has 2 aromatic rings. The molecule has 9 nitrogen and oxygen atoms in total. The molecular formula is C34H52F4N6O3. The summed E-state index contributed by atoms with van der Waals surface area (Å²) in [6.07, 6.45) is 1.29. The largest absolute Gasteiger partial charge is 0.354 e. The Morgan fingerprint density at radius 3 is 2.04 bits per heavy atom. The number of amides is 3. The SMILES string of the molecule is CC.CC.C[C@@H]1C(=O)NCCCN1C(=O)CC(N)Cc1cc(F)ccc1F.NC(CC(=O)N1CCNCC1)Cc1ccc(F)c(F)c1.